The number of allylic oxidation sites excluding steroid dienone is 1. The highest BCUT2D eigenvalue weighted by molar-refractivity contribution is 9.10. The van der Waals surface area contributed by atoms with E-state index in [1.54, 1.807) is 0 Å². The molecule has 0 aliphatic carbocycles. The van der Waals surface area contributed by atoms with E-state index in [-0.39, 0.29) is 6.79 Å². The van der Waals surface area contributed by atoms with Gasteiger partial charge in [0, 0.05) is 21.5 Å². The third-order valence-corrected chi connectivity index (χ3v) is 5.84. The van der Waals surface area contributed by atoms with Gasteiger partial charge >= 0.3 is 0 Å². The molecule has 2 heterocycles. The zero-order chi connectivity index (χ0) is 19.8. The number of nitriles is 1. The summed E-state index contributed by atoms with van der Waals surface area (Å²) in [5.41, 5.74) is 6.90. The molecule has 4 nitrogen and oxygen atoms in total. The Balaban J connectivity index is 1.77. The number of nitrogens with zero attached hydrogens (tertiary/aromatic N) is 2. The molecule has 4 rings (SSSR count). The summed E-state index contributed by atoms with van der Waals surface area (Å²) in [6.07, 6.45) is 1.93. The molecule has 1 aliphatic heterocycles. The first-order valence-electron chi connectivity index (χ1n) is 8.95. The number of hydrogen-bond acceptors (Lipinski definition) is 3. The first-order chi connectivity index (χ1) is 13.5. The lowest BCUT2D eigenvalue weighted by molar-refractivity contribution is 0.174. The maximum atomic E-state index is 9.74. The molecule has 0 fully saturated rings. The van der Waals surface area contributed by atoms with E-state index in [1.165, 1.54) is 5.56 Å². The van der Waals surface area contributed by atoms with Crippen LogP contribution >= 0.6 is 15.9 Å². The average Bonchev–Trinajstić information content (AvgIpc) is 3.25. The molecule has 0 atom stereocenters. The van der Waals surface area contributed by atoms with Gasteiger partial charge in [-0.25, -0.2) is 0 Å². The molecule has 0 N–H and O–H groups in total. The van der Waals surface area contributed by atoms with Crippen molar-refractivity contribution in [3.05, 3.63) is 75.0 Å². The standard InChI is InChI=1S/C23H19BrN2O2/c1-14-4-6-20(11-21(14)24)26-15(2)8-18(16(26)3)9-19(12-25)17-5-7-22-23(10-17)28-13-27-22/h4-11H,13H2,1-3H3/b19-9-. The minimum Gasteiger partial charge on any atom is -0.454 e. The molecule has 1 aromatic heterocycles. The molecule has 5 heteroatoms. The second-order valence-electron chi connectivity index (χ2n) is 6.83. The van der Waals surface area contributed by atoms with Gasteiger partial charge in [0.1, 0.15) is 0 Å². The van der Waals surface area contributed by atoms with Crippen molar-refractivity contribution >= 4 is 27.6 Å². The average molecular weight is 435 g/mol. The van der Waals surface area contributed by atoms with Crippen LogP contribution in [0.3, 0.4) is 0 Å². The summed E-state index contributed by atoms with van der Waals surface area (Å²) in [6, 6.07) is 16.3. The van der Waals surface area contributed by atoms with Gasteiger partial charge in [-0.15, -0.1) is 0 Å². The molecule has 2 aromatic carbocycles. The molecule has 3 aromatic rings. The number of hydrogen-bond donors (Lipinski definition) is 0. The Bertz CT molecular complexity index is 1150. The van der Waals surface area contributed by atoms with Gasteiger partial charge in [-0.1, -0.05) is 22.0 Å². The van der Waals surface area contributed by atoms with Crippen LogP contribution in [0.15, 0.2) is 46.9 Å². The first kappa shape index (κ1) is 18.4. The zero-order valence-electron chi connectivity index (χ0n) is 15.9. The number of ether oxygens (including phenoxy) is 2. The summed E-state index contributed by atoms with van der Waals surface area (Å²) in [5.74, 6) is 1.39. The van der Waals surface area contributed by atoms with Gasteiger partial charge in [-0.3, -0.25) is 0 Å². The maximum Gasteiger partial charge on any atom is 0.231 e. The predicted molar refractivity (Wildman–Crippen MR) is 114 cm³/mol. The molecule has 0 saturated heterocycles. The Morgan fingerprint density at radius 3 is 2.61 bits per heavy atom. The van der Waals surface area contributed by atoms with Crippen molar-refractivity contribution in [2.24, 2.45) is 0 Å². The summed E-state index contributed by atoms with van der Waals surface area (Å²) in [4.78, 5) is 0. The highest BCUT2D eigenvalue weighted by atomic mass is 79.9. The van der Waals surface area contributed by atoms with E-state index in [0.29, 0.717) is 17.1 Å². The number of aromatic nitrogens is 1. The number of halogens is 1. The summed E-state index contributed by atoms with van der Waals surface area (Å²) in [5, 5.41) is 9.74. The van der Waals surface area contributed by atoms with Crippen molar-refractivity contribution < 1.29 is 9.47 Å². The molecular formula is C23H19BrN2O2. The fourth-order valence-corrected chi connectivity index (χ4v) is 3.82. The Hall–Kier alpha value is -2.97. The van der Waals surface area contributed by atoms with E-state index in [4.69, 9.17) is 9.47 Å². The van der Waals surface area contributed by atoms with E-state index >= 15 is 0 Å². The van der Waals surface area contributed by atoms with Gasteiger partial charge in [0.2, 0.25) is 6.79 Å². The zero-order valence-corrected chi connectivity index (χ0v) is 17.5. The normalized spacial score (nSPS) is 12.9. The van der Waals surface area contributed by atoms with E-state index in [2.05, 4.69) is 71.6 Å². The third kappa shape index (κ3) is 3.21. The van der Waals surface area contributed by atoms with Gasteiger partial charge in [0.05, 0.1) is 11.6 Å². The number of rotatable bonds is 3. The Morgan fingerprint density at radius 2 is 1.86 bits per heavy atom. The lowest BCUT2D eigenvalue weighted by Crippen LogP contribution is -1.99. The van der Waals surface area contributed by atoms with E-state index in [1.807, 2.05) is 24.3 Å². The van der Waals surface area contributed by atoms with Gasteiger partial charge in [0.25, 0.3) is 0 Å². The molecule has 0 amide bonds. The molecule has 0 saturated carbocycles. The predicted octanol–water partition coefficient (Wildman–Crippen LogP) is 5.96. The van der Waals surface area contributed by atoms with Crippen molar-refractivity contribution in [3.63, 3.8) is 0 Å². The smallest absolute Gasteiger partial charge is 0.231 e. The fraction of sp³-hybridized carbons (Fsp3) is 0.174. The molecule has 0 radical (unpaired) electrons. The van der Waals surface area contributed by atoms with Gasteiger partial charge in [-0.05, 0) is 79.9 Å². The van der Waals surface area contributed by atoms with Crippen LogP contribution in [-0.4, -0.2) is 11.4 Å². The Labute approximate surface area is 172 Å². The second kappa shape index (κ2) is 7.21. The Kier molecular flexibility index (Phi) is 4.74. The van der Waals surface area contributed by atoms with Crippen molar-refractivity contribution in [1.82, 2.24) is 4.57 Å². The molecule has 140 valence electrons. The molecule has 0 unspecified atom stereocenters. The highest BCUT2D eigenvalue weighted by Gasteiger charge is 2.16. The third-order valence-electron chi connectivity index (χ3n) is 4.99. The molecule has 0 spiro atoms. The number of fused-ring (bicyclic) bond motifs is 1. The van der Waals surface area contributed by atoms with Crippen LogP contribution in [0, 0.1) is 32.1 Å². The van der Waals surface area contributed by atoms with Gasteiger partial charge in [-0.2, -0.15) is 5.26 Å². The van der Waals surface area contributed by atoms with E-state index < -0.39 is 0 Å². The quantitative estimate of drug-likeness (QED) is 0.477. The highest BCUT2D eigenvalue weighted by Crippen LogP contribution is 2.35. The van der Waals surface area contributed by atoms with Crippen LogP contribution in [0.4, 0.5) is 0 Å². The summed E-state index contributed by atoms with van der Waals surface area (Å²) >= 11 is 3.62. The van der Waals surface area contributed by atoms with E-state index in [9.17, 15) is 5.26 Å². The summed E-state index contributed by atoms with van der Waals surface area (Å²) < 4.78 is 14.1. The van der Waals surface area contributed by atoms with Crippen LogP contribution in [0.5, 0.6) is 11.5 Å². The van der Waals surface area contributed by atoms with Crippen molar-refractivity contribution in [1.29, 1.82) is 5.26 Å². The monoisotopic (exact) mass is 434 g/mol. The minimum atomic E-state index is 0.220. The molecule has 0 bridgehead atoms. The Morgan fingerprint density at radius 1 is 1.07 bits per heavy atom. The van der Waals surface area contributed by atoms with Crippen LogP contribution in [0.25, 0.3) is 17.3 Å². The second-order valence-corrected chi connectivity index (χ2v) is 7.69. The maximum absolute atomic E-state index is 9.74. The summed E-state index contributed by atoms with van der Waals surface area (Å²) in [7, 11) is 0. The van der Waals surface area contributed by atoms with Crippen LogP contribution in [0.2, 0.25) is 0 Å². The van der Waals surface area contributed by atoms with Crippen molar-refractivity contribution in [2.45, 2.75) is 20.8 Å². The lowest BCUT2D eigenvalue weighted by atomic mass is 10.0. The van der Waals surface area contributed by atoms with Crippen molar-refractivity contribution in [2.75, 3.05) is 6.79 Å². The lowest BCUT2D eigenvalue weighted by Gasteiger charge is -2.11. The number of aryl methyl sites for hydroxylation is 2. The van der Waals surface area contributed by atoms with Crippen LogP contribution < -0.4 is 9.47 Å². The van der Waals surface area contributed by atoms with Gasteiger partial charge < -0.3 is 14.0 Å². The SMILES string of the molecule is Cc1ccc(-n2c(C)cc(/C=C(/C#N)c3ccc4c(c3)OCO4)c2C)cc1Br. The minimum absolute atomic E-state index is 0.220. The topological polar surface area (TPSA) is 47.2 Å². The molecule has 1 aliphatic rings. The van der Waals surface area contributed by atoms with Crippen LogP contribution in [0.1, 0.15) is 28.1 Å². The first-order valence-corrected chi connectivity index (χ1v) is 9.74. The molecular weight excluding hydrogens is 416 g/mol. The van der Waals surface area contributed by atoms with Crippen LogP contribution in [-0.2, 0) is 0 Å². The summed E-state index contributed by atoms with van der Waals surface area (Å²) in [6.45, 7) is 6.44. The molecule has 28 heavy (non-hydrogen) atoms. The van der Waals surface area contributed by atoms with Crippen molar-refractivity contribution in [3.8, 4) is 23.3 Å². The van der Waals surface area contributed by atoms with Gasteiger partial charge in [0.15, 0.2) is 11.5 Å². The largest absolute Gasteiger partial charge is 0.454 e. The number of benzene rings is 2. The van der Waals surface area contributed by atoms with E-state index in [0.717, 1.165) is 32.7 Å². The fourth-order valence-electron chi connectivity index (χ4n) is 3.45.